The van der Waals surface area contributed by atoms with Crippen LogP contribution in [0.4, 0.5) is 0 Å². The van der Waals surface area contributed by atoms with Crippen molar-refractivity contribution in [3.63, 3.8) is 0 Å². The highest BCUT2D eigenvalue weighted by molar-refractivity contribution is 5.79. The largest absolute Gasteiger partial charge is 0.487 e. The van der Waals surface area contributed by atoms with Crippen LogP contribution in [0.5, 0.6) is 5.75 Å². The summed E-state index contributed by atoms with van der Waals surface area (Å²) in [5.41, 5.74) is 2.52. The molecule has 28 heavy (non-hydrogen) atoms. The Morgan fingerprint density at radius 1 is 1.11 bits per heavy atom. The summed E-state index contributed by atoms with van der Waals surface area (Å²) in [6, 6.07) is 12.5. The molecule has 2 aliphatic rings. The number of likely N-dealkylation sites (tertiary alicyclic amines) is 1. The van der Waals surface area contributed by atoms with E-state index in [-0.39, 0.29) is 5.92 Å². The molecular formula is C23H28N2O3. The molecule has 5 nitrogen and oxygen atoms in total. The second-order valence-electron chi connectivity index (χ2n) is 7.83. The van der Waals surface area contributed by atoms with Crippen molar-refractivity contribution in [2.24, 2.45) is 11.8 Å². The highest BCUT2D eigenvalue weighted by Gasteiger charge is 2.30. The van der Waals surface area contributed by atoms with Gasteiger partial charge in [0.05, 0.1) is 18.7 Å². The minimum absolute atomic E-state index is 0.0954. The van der Waals surface area contributed by atoms with Crippen molar-refractivity contribution in [3.05, 3.63) is 59.9 Å². The summed E-state index contributed by atoms with van der Waals surface area (Å²) in [6.45, 7) is 3.66. The number of carbonyl (C=O) groups is 1. The highest BCUT2D eigenvalue weighted by atomic mass is 16.5. The van der Waals surface area contributed by atoms with E-state index in [0.717, 1.165) is 56.7 Å². The zero-order valence-corrected chi connectivity index (χ0v) is 16.3. The number of nitrogens with zero attached hydrogens (tertiary/aromatic N) is 2. The summed E-state index contributed by atoms with van der Waals surface area (Å²) in [6.07, 6.45) is 7.61. The third kappa shape index (κ3) is 4.90. The molecule has 1 unspecified atom stereocenters. The van der Waals surface area contributed by atoms with Crippen LogP contribution in [0.1, 0.15) is 30.4 Å². The van der Waals surface area contributed by atoms with Gasteiger partial charge in [-0.3, -0.25) is 9.78 Å². The summed E-state index contributed by atoms with van der Waals surface area (Å²) >= 11 is 0. The number of rotatable bonds is 6. The van der Waals surface area contributed by atoms with Crippen molar-refractivity contribution >= 4 is 5.91 Å². The number of ether oxygens (including phenoxy) is 2. The van der Waals surface area contributed by atoms with Crippen LogP contribution in [-0.4, -0.2) is 42.1 Å². The van der Waals surface area contributed by atoms with E-state index >= 15 is 0 Å². The molecule has 2 aliphatic heterocycles. The summed E-state index contributed by atoms with van der Waals surface area (Å²) in [7, 11) is 0. The third-order valence-electron chi connectivity index (χ3n) is 5.79. The number of pyridine rings is 1. The van der Waals surface area contributed by atoms with E-state index in [1.807, 2.05) is 12.1 Å². The molecule has 0 aliphatic carbocycles. The first-order valence-electron chi connectivity index (χ1n) is 10.2. The van der Waals surface area contributed by atoms with Gasteiger partial charge in [-0.25, -0.2) is 0 Å². The molecule has 3 heterocycles. The van der Waals surface area contributed by atoms with Gasteiger partial charge in [0, 0.05) is 25.9 Å². The van der Waals surface area contributed by atoms with Gasteiger partial charge in [0.1, 0.15) is 12.4 Å². The van der Waals surface area contributed by atoms with Crippen molar-refractivity contribution in [3.8, 4) is 5.75 Å². The van der Waals surface area contributed by atoms with Gasteiger partial charge in [0.2, 0.25) is 5.91 Å². The first-order chi connectivity index (χ1) is 13.8. The molecule has 1 aromatic carbocycles. The van der Waals surface area contributed by atoms with Gasteiger partial charge < -0.3 is 14.4 Å². The van der Waals surface area contributed by atoms with Crippen molar-refractivity contribution in [1.82, 2.24) is 9.88 Å². The van der Waals surface area contributed by atoms with Gasteiger partial charge in [-0.05, 0) is 54.9 Å². The van der Waals surface area contributed by atoms with Crippen LogP contribution in [0.25, 0.3) is 0 Å². The minimum Gasteiger partial charge on any atom is -0.487 e. The number of carbonyl (C=O) groups excluding carboxylic acids is 1. The maximum absolute atomic E-state index is 12.5. The Morgan fingerprint density at radius 3 is 2.57 bits per heavy atom. The van der Waals surface area contributed by atoms with Gasteiger partial charge in [-0.15, -0.1) is 0 Å². The number of hydrogen-bond donors (Lipinski definition) is 0. The fourth-order valence-corrected chi connectivity index (χ4v) is 4.05. The average molecular weight is 380 g/mol. The normalized spacial score (nSPS) is 20.3. The molecule has 2 fully saturated rings. The van der Waals surface area contributed by atoms with E-state index in [1.54, 1.807) is 12.4 Å². The van der Waals surface area contributed by atoms with E-state index in [1.165, 1.54) is 5.56 Å². The lowest BCUT2D eigenvalue weighted by atomic mass is 9.89. The van der Waals surface area contributed by atoms with Crippen molar-refractivity contribution in [2.75, 3.05) is 26.3 Å². The fraction of sp³-hybridized carbons (Fsp3) is 0.478. The molecule has 0 spiro atoms. The molecule has 148 valence electrons. The Bertz CT molecular complexity index is 749. The molecule has 1 aromatic heterocycles. The van der Waals surface area contributed by atoms with Gasteiger partial charge in [0.15, 0.2) is 0 Å². The standard InChI is InChI=1S/C23H28N2O3/c26-23(21-9-13-27-17-21)25-11-7-19(8-12-25)14-18-3-5-20(6-4-18)16-28-22-2-1-10-24-15-22/h1-6,10,15,19,21H,7-9,11-14,16-17H2. The van der Waals surface area contributed by atoms with Gasteiger partial charge >= 0.3 is 0 Å². The summed E-state index contributed by atoms with van der Waals surface area (Å²) < 4.78 is 11.1. The Kier molecular flexibility index (Phi) is 6.22. The number of piperidine rings is 1. The van der Waals surface area contributed by atoms with E-state index in [9.17, 15) is 4.79 Å². The molecule has 0 N–H and O–H groups in total. The van der Waals surface area contributed by atoms with Crippen LogP contribution in [0.15, 0.2) is 48.8 Å². The summed E-state index contributed by atoms with van der Waals surface area (Å²) in [4.78, 5) is 18.6. The van der Waals surface area contributed by atoms with Crippen LogP contribution in [0.2, 0.25) is 0 Å². The molecule has 0 saturated carbocycles. The van der Waals surface area contributed by atoms with Crippen LogP contribution in [0.3, 0.4) is 0 Å². The SMILES string of the molecule is O=C(C1CCOC1)N1CCC(Cc2ccc(COc3cccnc3)cc2)CC1. The quantitative estimate of drug-likeness (QED) is 0.770. The minimum atomic E-state index is 0.0954. The highest BCUT2D eigenvalue weighted by Crippen LogP contribution is 2.25. The van der Waals surface area contributed by atoms with Crippen molar-refractivity contribution < 1.29 is 14.3 Å². The average Bonchev–Trinajstić information content (AvgIpc) is 3.29. The lowest BCUT2D eigenvalue weighted by Gasteiger charge is -2.33. The number of aromatic nitrogens is 1. The smallest absolute Gasteiger partial charge is 0.228 e. The maximum Gasteiger partial charge on any atom is 0.228 e. The third-order valence-corrected chi connectivity index (χ3v) is 5.79. The maximum atomic E-state index is 12.5. The summed E-state index contributed by atoms with van der Waals surface area (Å²) in [5, 5.41) is 0. The Morgan fingerprint density at radius 2 is 1.89 bits per heavy atom. The van der Waals surface area contributed by atoms with Crippen molar-refractivity contribution in [2.45, 2.75) is 32.3 Å². The first-order valence-corrected chi connectivity index (χ1v) is 10.2. The van der Waals surface area contributed by atoms with Crippen LogP contribution in [0, 0.1) is 11.8 Å². The van der Waals surface area contributed by atoms with Crippen molar-refractivity contribution in [1.29, 1.82) is 0 Å². The predicted octanol–water partition coefficient (Wildman–Crippen LogP) is 3.48. The zero-order chi connectivity index (χ0) is 19.2. The monoisotopic (exact) mass is 380 g/mol. The lowest BCUT2D eigenvalue weighted by molar-refractivity contribution is -0.136. The number of benzene rings is 1. The Balaban J connectivity index is 1.22. The van der Waals surface area contributed by atoms with E-state index < -0.39 is 0 Å². The molecule has 1 amide bonds. The van der Waals surface area contributed by atoms with E-state index in [0.29, 0.717) is 25.0 Å². The summed E-state index contributed by atoms with van der Waals surface area (Å²) in [5.74, 6) is 1.84. The van der Waals surface area contributed by atoms with Gasteiger partial charge in [0.25, 0.3) is 0 Å². The van der Waals surface area contributed by atoms with E-state index in [2.05, 4.69) is 34.1 Å². The second-order valence-corrected chi connectivity index (χ2v) is 7.83. The van der Waals surface area contributed by atoms with E-state index in [4.69, 9.17) is 9.47 Å². The number of amides is 1. The topological polar surface area (TPSA) is 51.7 Å². The molecule has 4 rings (SSSR count). The fourth-order valence-electron chi connectivity index (χ4n) is 4.05. The van der Waals surface area contributed by atoms with Gasteiger partial charge in [-0.1, -0.05) is 24.3 Å². The lowest BCUT2D eigenvalue weighted by Crippen LogP contribution is -2.42. The van der Waals surface area contributed by atoms with Crippen LogP contribution >= 0.6 is 0 Å². The molecular weight excluding hydrogens is 352 g/mol. The zero-order valence-electron chi connectivity index (χ0n) is 16.3. The molecule has 1 atom stereocenters. The van der Waals surface area contributed by atoms with Crippen LogP contribution in [-0.2, 0) is 22.6 Å². The predicted molar refractivity (Wildman–Crippen MR) is 107 cm³/mol. The molecule has 2 saturated heterocycles. The molecule has 5 heteroatoms. The second kappa shape index (κ2) is 9.20. The van der Waals surface area contributed by atoms with Gasteiger partial charge in [-0.2, -0.15) is 0 Å². The Hall–Kier alpha value is -2.40. The van der Waals surface area contributed by atoms with Crippen LogP contribution < -0.4 is 4.74 Å². The molecule has 2 aromatic rings. The Labute approximate surface area is 166 Å². The molecule has 0 radical (unpaired) electrons. The first kappa shape index (κ1) is 18.9. The molecule has 0 bridgehead atoms. The number of hydrogen-bond acceptors (Lipinski definition) is 4.